The van der Waals surface area contributed by atoms with E-state index in [-0.39, 0.29) is 24.7 Å². The van der Waals surface area contributed by atoms with Crippen LogP contribution in [0.4, 0.5) is 15.5 Å². The van der Waals surface area contributed by atoms with Crippen LogP contribution in [0.1, 0.15) is 30.2 Å². The highest BCUT2D eigenvalue weighted by atomic mass is 28.4. The average Bonchev–Trinajstić information content (AvgIpc) is 3.53. The largest absolute Gasteiger partial charge is 0.396 e. The van der Waals surface area contributed by atoms with Gasteiger partial charge >= 0.3 is 0 Å². The average molecular weight is 554 g/mol. The third-order valence-corrected chi connectivity index (χ3v) is 10.4. The van der Waals surface area contributed by atoms with Crippen molar-refractivity contribution in [2.75, 3.05) is 11.5 Å². The highest BCUT2D eigenvalue weighted by Crippen LogP contribution is 2.60. The second kappa shape index (κ2) is 10.2. The summed E-state index contributed by atoms with van der Waals surface area (Å²) in [6.45, 7) is 5.68. The molecule has 39 heavy (non-hydrogen) atoms. The Morgan fingerprint density at radius 2 is 1.97 bits per heavy atom. The lowest BCUT2D eigenvalue weighted by Gasteiger charge is -2.31. The molecule has 1 spiro atoms. The molecule has 0 radical (unpaired) electrons. The summed E-state index contributed by atoms with van der Waals surface area (Å²) >= 11 is 0. The normalized spacial score (nSPS) is 24.5. The number of aryl methyl sites for hydroxylation is 1. The van der Waals surface area contributed by atoms with Gasteiger partial charge in [0.1, 0.15) is 0 Å². The number of hydrogen-bond donors (Lipinski definition) is 1. The molecule has 1 N–H and O–H groups in total. The van der Waals surface area contributed by atoms with Crippen molar-refractivity contribution in [1.29, 1.82) is 0 Å². The molecule has 0 bridgehead atoms. The highest BCUT2D eigenvalue weighted by Gasteiger charge is 2.66. The number of hydrogen-bond acceptors (Lipinski definition) is 7. The lowest BCUT2D eigenvalue weighted by Crippen LogP contribution is -2.45. The number of amides is 1. The molecule has 3 aromatic rings. The number of aliphatic hydroxyl groups excluding tert-OH is 1. The molecule has 0 saturated carbocycles. The van der Waals surface area contributed by atoms with E-state index in [1.165, 1.54) is 12.1 Å². The predicted octanol–water partition coefficient (Wildman–Crippen LogP) is 4.13. The molecular formula is C27H32FN5O5Si. The molecule has 5 rings (SSSR count). The van der Waals surface area contributed by atoms with Crippen LogP contribution in [-0.4, -0.2) is 52.0 Å². The molecule has 2 aromatic carbocycles. The molecule has 0 unspecified atom stereocenters. The van der Waals surface area contributed by atoms with E-state index in [0.717, 1.165) is 5.56 Å². The van der Waals surface area contributed by atoms with E-state index in [9.17, 15) is 14.9 Å². The van der Waals surface area contributed by atoms with Crippen molar-refractivity contribution >= 4 is 25.7 Å². The van der Waals surface area contributed by atoms with E-state index >= 15 is 4.11 Å². The summed E-state index contributed by atoms with van der Waals surface area (Å²) in [6.07, 6.45) is 1.90. The Hall–Kier alpha value is -3.48. The first-order valence-corrected chi connectivity index (χ1v) is 16.0. The summed E-state index contributed by atoms with van der Waals surface area (Å²) in [5, 5.41) is 29.0. The van der Waals surface area contributed by atoms with Gasteiger partial charge < -0.3 is 18.9 Å². The number of rotatable bonds is 9. The quantitative estimate of drug-likeness (QED) is 0.183. The van der Waals surface area contributed by atoms with Gasteiger partial charge in [0.2, 0.25) is 8.41 Å². The number of benzene rings is 2. The molecule has 1 saturated heterocycles. The SMILES string of the molecule is C[C@H]1[C@H]([Si](C)(C)F)[C@@H](CCn2cc(CCO)nn2)O[C@]12C(=O)N(Cc1ccccc1)c1ccc([N+](=O)[O-])cc12. The van der Waals surface area contributed by atoms with Crippen LogP contribution in [-0.2, 0) is 34.6 Å². The number of carbonyl (C=O) groups is 1. The van der Waals surface area contributed by atoms with Gasteiger partial charge in [0.15, 0.2) is 5.60 Å². The fourth-order valence-corrected chi connectivity index (χ4v) is 8.82. The minimum Gasteiger partial charge on any atom is -0.396 e. The van der Waals surface area contributed by atoms with Crippen LogP contribution >= 0.6 is 0 Å². The van der Waals surface area contributed by atoms with Crippen molar-refractivity contribution in [3.05, 3.63) is 81.7 Å². The topological polar surface area (TPSA) is 124 Å². The first kappa shape index (κ1) is 27.1. The second-order valence-corrected chi connectivity index (χ2v) is 14.6. The third kappa shape index (κ3) is 4.77. The molecule has 1 aromatic heterocycles. The van der Waals surface area contributed by atoms with Crippen LogP contribution < -0.4 is 4.90 Å². The number of ether oxygens (including phenoxy) is 1. The maximum absolute atomic E-state index is 16.0. The zero-order valence-electron chi connectivity index (χ0n) is 22.2. The van der Waals surface area contributed by atoms with Crippen molar-refractivity contribution in [2.45, 2.75) is 63.2 Å². The van der Waals surface area contributed by atoms with Gasteiger partial charge in [-0.05, 0) is 31.1 Å². The predicted molar refractivity (Wildman–Crippen MR) is 144 cm³/mol. The number of halogens is 1. The van der Waals surface area contributed by atoms with Crippen molar-refractivity contribution in [3.63, 3.8) is 0 Å². The fourth-order valence-electron chi connectivity index (χ4n) is 6.28. The number of non-ortho nitro benzene ring substituents is 1. The number of aromatic nitrogens is 3. The van der Waals surface area contributed by atoms with Gasteiger partial charge in [-0.1, -0.05) is 42.5 Å². The van der Waals surface area contributed by atoms with Crippen molar-refractivity contribution < 1.29 is 23.7 Å². The van der Waals surface area contributed by atoms with Crippen LogP contribution in [0.25, 0.3) is 0 Å². The van der Waals surface area contributed by atoms with Gasteiger partial charge in [-0.15, -0.1) is 5.10 Å². The number of nitrogens with zero attached hydrogens (tertiary/aromatic N) is 5. The zero-order chi connectivity index (χ0) is 27.9. The Morgan fingerprint density at radius 1 is 1.23 bits per heavy atom. The highest BCUT2D eigenvalue weighted by molar-refractivity contribution is 6.72. The molecule has 2 aliphatic heterocycles. The van der Waals surface area contributed by atoms with Crippen LogP contribution in [0, 0.1) is 16.0 Å². The maximum atomic E-state index is 16.0. The Labute approximate surface area is 226 Å². The minimum absolute atomic E-state index is 0.0404. The van der Waals surface area contributed by atoms with Crippen LogP contribution in [0.15, 0.2) is 54.7 Å². The Morgan fingerprint density at radius 3 is 2.64 bits per heavy atom. The standard InChI is InChI=1S/C27H32FN5O5Si/c1-18-25(39(2,3)28)24(11-13-31-17-20(12-14-34)29-30-31)38-27(18)22-15-21(33(36)37)9-10-23(22)32(26(27)35)16-19-7-5-4-6-8-19/h4-10,15,17-18,24-25,34H,11-14,16H2,1-3H3/t18-,24+,25-,27+/m0/s1. The van der Waals surface area contributed by atoms with Gasteiger partial charge in [0, 0.05) is 54.9 Å². The molecule has 1 amide bonds. The fraction of sp³-hybridized carbons (Fsp3) is 0.444. The summed E-state index contributed by atoms with van der Waals surface area (Å²) in [4.78, 5) is 27.2. The Kier molecular flexibility index (Phi) is 7.12. The number of aliphatic hydroxyl groups is 1. The van der Waals surface area contributed by atoms with E-state index in [4.69, 9.17) is 9.84 Å². The number of nitro benzene ring substituents is 1. The third-order valence-electron chi connectivity index (χ3n) is 7.94. The van der Waals surface area contributed by atoms with Gasteiger partial charge in [-0.2, -0.15) is 0 Å². The van der Waals surface area contributed by atoms with Gasteiger partial charge in [-0.3, -0.25) is 19.6 Å². The van der Waals surface area contributed by atoms with Crippen LogP contribution in [0.2, 0.25) is 18.6 Å². The Bertz CT molecular complexity index is 1380. The van der Waals surface area contributed by atoms with Gasteiger partial charge in [-0.25, -0.2) is 0 Å². The minimum atomic E-state index is -3.38. The maximum Gasteiger partial charge on any atom is 0.269 e. The molecular weight excluding hydrogens is 521 g/mol. The summed E-state index contributed by atoms with van der Waals surface area (Å²) in [5.74, 6) is -0.880. The van der Waals surface area contributed by atoms with E-state index in [2.05, 4.69) is 10.3 Å². The summed E-state index contributed by atoms with van der Waals surface area (Å²) in [5.41, 5.74) is 0.295. The number of nitro groups is 1. The smallest absolute Gasteiger partial charge is 0.269 e. The van der Waals surface area contributed by atoms with Gasteiger partial charge in [0.25, 0.3) is 11.6 Å². The first-order valence-electron chi connectivity index (χ1n) is 13.1. The number of fused-ring (bicyclic) bond motifs is 2. The molecule has 2 aliphatic rings. The van der Waals surface area contributed by atoms with E-state index < -0.39 is 36.5 Å². The number of anilines is 1. The van der Waals surface area contributed by atoms with E-state index in [0.29, 0.717) is 36.3 Å². The molecule has 206 valence electrons. The molecule has 3 heterocycles. The Balaban J connectivity index is 1.54. The monoisotopic (exact) mass is 553 g/mol. The zero-order valence-corrected chi connectivity index (χ0v) is 23.2. The van der Waals surface area contributed by atoms with Crippen molar-refractivity contribution in [2.24, 2.45) is 5.92 Å². The summed E-state index contributed by atoms with van der Waals surface area (Å²) in [7, 11) is -3.38. The second-order valence-electron chi connectivity index (χ2n) is 10.8. The van der Waals surface area contributed by atoms with Crippen LogP contribution in [0.3, 0.4) is 0 Å². The first-order chi connectivity index (χ1) is 18.6. The summed E-state index contributed by atoms with van der Waals surface area (Å²) in [6, 6.07) is 13.9. The molecule has 1 fully saturated rings. The van der Waals surface area contributed by atoms with Crippen LogP contribution in [0.5, 0.6) is 0 Å². The number of carbonyl (C=O) groups excluding carboxylic acids is 1. The van der Waals surface area contributed by atoms with Gasteiger partial charge in [0.05, 0.1) is 29.0 Å². The van der Waals surface area contributed by atoms with Crippen molar-refractivity contribution in [3.8, 4) is 0 Å². The van der Waals surface area contributed by atoms with E-state index in [1.54, 1.807) is 34.9 Å². The van der Waals surface area contributed by atoms with Crippen molar-refractivity contribution in [1.82, 2.24) is 15.0 Å². The lowest BCUT2D eigenvalue weighted by atomic mass is 9.82. The lowest BCUT2D eigenvalue weighted by molar-refractivity contribution is -0.385. The molecule has 12 heteroatoms. The summed E-state index contributed by atoms with van der Waals surface area (Å²) < 4.78 is 24.3. The molecule has 10 nitrogen and oxygen atoms in total. The molecule has 0 aliphatic carbocycles. The molecule has 4 atom stereocenters. The van der Waals surface area contributed by atoms with E-state index in [1.807, 2.05) is 37.3 Å².